The predicted molar refractivity (Wildman–Crippen MR) is 129 cm³/mol. The van der Waals surface area contributed by atoms with E-state index in [1.165, 1.54) is 5.56 Å². The van der Waals surface area contributed by atoms with E-state index in [1.807, 2.05) is 32.9 Å². The maximum Gasteiger partial charge on any atom is 0.350 e. The Kier molecular flexibility index (Phi) is 7.81. The highest BCUT2D eigenvalue weighted by Gasteiger charge is 2.46. The van der Waals surface area contributed by atoms with Gasteiger partial charge in [0.2, 0.25) is 0 Å². The molecule has 0 fully saturated rings. The third kappa shape index (κ3) is 5.00. The normalized spacial score (nSPS) is 19.5. The molecule has 174 valence electrons. The SMILES string of the molecule is CCC(CC)(c1ccc(C(=[NH2+])N=NN)cc1)C1(C)C=C(C)C(OCC(=O)C(C)(C)C)=CC1. The van der Waals surface area contributed by atoms with E-state index in [-0.39, 0.29) is 23.2 Å². The quantitative estimate of drug-likeness (QED) is 0.206. The molecule has 6 heteroatoms. The van der Waals surface area contributed by atoms with Crippen molar-refractivity contribution < 1.29 is 14.9 Å². The molecule has 0 amide bonds. The van der Waals surface area contributed by atoms with Crippen LogP contribution in [0.15, 0.2) is 58.1 Å². The second kappa shape index (κ2) is 9.80. The van der Waals surface area contributed by atoms with Gasteiger partial charge in [0.1, 0.15) is 12.4 Å². The summed E-state index contributed by atoms with van der Waals surface area (Å²) in [4.78, 5) is 12.3. The Bertz CT molecular complexity index is 932. The fourth-order valence-corrected chi connectivity index (χ4v) is 4.82. The van der Waals surface area contributed by atoms with E-state index in [9.17, 15) is 4.79 Å². The number of Topliss-reactive ketones (excluding diaryl/α,β-unsaturated/α-hetero) is 1. The zero-order valence-electron chi connectivity index (χ0n) is 20.7. The van der Waals surface area contributed by atoms with Crippen molar-refractivity contribution in [3.05, 3.63) is 58.9 Å². The zero-order chi connectivity index (χ0) is 24.2. The minimum atomic E-state index is -0.403. The maximum absolute atomic E-state index is 12.3. The molecule has 0 bridgehead atoms. The molecule has 2 rings (SSSR count). The first-order valence-corrected chi connectivity index (χ1v) is 11.3. The predicted octanol–water partition coefficient (Wildman–Crippen LogP) is 4.45. The van der Waals surface area contributed by atoms with Gasteiger partial charge in [-0.15, -0.1) is 0 Å². The summed E-state index contributed by atoms with van der Waals surface area (Å²) in [5.41, 5.74) is 2.55. The van der Waals surface area contributed by atoms with Gasteiger partial charge in [0.25, 0.3) is 0 Å². The first-order valence-electron chi connectivity index (χ1n) is 11.3. The van der Waals surface area contributed by atoms with Crippen LogP contribution in [0.2, 0.25) is 0 Å². The number of hydrogen-bond acceptors (Lipinski definition) is 3. The Balaban J connectivity index is 2.33. The zero-order valence-corrected chi connectivity index (χ0v) is 20.7. The lowest BCUT2D eigenvalue weighted by atomic mass is 9.55. The Hall–Kier alpha value is -2.76. The van der Waals surface area contributed by atoms with Crippen LogP contribution < -0.4 is 11.3 Å². The molecule has 32 heavy (non-hydrogen) atoms. The number of carbonyl (C=O) groups excluding carboxylic acids is 1. The van der Waals surface area contributed by atoms with Crippen molar-refractivity contribution in [2.45, 2.75) is 73.1 Å². The van der Waals surface area contributed by atoms with Gasteiger partial charge in [-0.2, -0.15) is 0 Å². The molecule has 1 aliphatic carbocycles. The fraction of sp³-hybridized carbons (Fsp3) is 0.538. The van der Waals surface area contributed by atoms with Crippen molar-refractivity contribution in [1.82, 2.24) is 0 Å². The summed E-state index contributed by atoms with van der Waals surface area (Å²) in [6.45, 7) is 14.7. The average Bonchev–Trinajstić information content (AvgIpc) is 2.74. The molecule has 1 unspecified atom stereocenters. The lowest BCUT2D eigenvalue weighted by Gasteiger charge is -2.49. The van der Waals surface area contributed by atoms with E-state index in [1.54, 1.807) is 0 Å². The maximum atomic E-state index is 12.3. The van der Waals surface area contributed by atoms with Crippen LogP contribution >= 0.6 is 0 Å². The number of ether oxygens (including phenoxy) is 1. The van der Waals surface area contributed by atoms with Gasteiger partial charge in [0, 0.05) is 16.1 Å². The van der Waals surface area contributed by atoms with Crippen LogP contribution in [0.3, 0.4) is 0 Å². The van der Waals surface area contributed by atoms with Crippen LogP contribution in [-0.2, 0) is 14.9 Å². The molecule has 0 radical (unpaired) electrons. The monoisotopic (exact) mass is 439 g/mol. The van der Waals surface area contributed by atoms with Crippen molar-refractivity contribution in [3.63, 3.8) is 0 Å². The summed E-state index contributed by atoms with van der Waals surface area (Å²) in [5, 5.41) is 12.9. The van der Waals surface area contributed by atoms with Crippen LogP contribution in [0.1, 0.15) is 78.9 Å². The first-order chi connectivity index (χ1) is 14.9. The largest absolute Gasteiger partial charge is 0.486 e. The summed E-state index contributed by atoms with van der Waals surface area (Å²) in [5.74, 6) is 6.33. The second-order valence-electron chi connectivity index (χ2n) is 9.95. The van der Waals surface area contributed by atoms with Crippen LogP contribution in [0.5, 0.6) is 0 Å². The standard InChI is InChI=1S/C26H38N4O2/c1-8-26(9-2,20-12-10-19(11-13-20)23(27)29-30-28)25(7)15-14-21(18(3)16-25)32-17-22(31)24(4,5)6/h10-14,16H,8-9,15,17H2,1-7H3,(H3,27,28,29)/p+1. The van der Waals surface area contributed by atoms with Gasteiger partial charge in [-0.3, -0.25) is 16.0 Å². The molecule has 6 nitrogen and oxygen atoms in total. The Labute approximate surface area is 192 Å². The second-order valence-corrected chi connectivity index (χ2v) is 9.95. The van der Waals surface area contributed by atoms with Gasteiger partial charge in [-0.05, 0) is 60.9 Å². The molecule has 0 aliphatic heterocycles. The van der Waals surface area contributed by atoms with Crippen molar-refractivity contribution >= 4 is 11.6 Å². The van der Waals surface area contributed by atoms with Crippen LogP contribution in [0, 0.1) is 10.8 Å². The van der Waals surface area contributed by atoms with E-state index < -0.39 is 5.41 Å². The minimum absolute atomic E-state index is 0.0692. The van der Waals surface area contributed by atoms with E-state index in [4.69, 9.17) is 16.0 Å². The Morgan fingerprint density at radius 2 is 1.78 bits per heavy atom. The summed E-state index contributed by atoms with van der Waals surface area (Å²) < 4.78 is 5.92. The molecule has 1 aromatic carbocycles. The van der Waals surface area contributed by atoms with Gasteiger partial charge < -0.3 is 4.74 Å². The highest BCUT2D eigenvalue weighted by Crippen LogP contribution is 2.53. The molecular formula is C26H39N4O2+. The number of hydrogen-bond donors (Lipinski definition) is 2. The molecule has 0 aromatic heterocycles. The van der Waals surface area contributed by atoms with Gasteiger partial charge in [-0.1, -0.05) is 59.8 Å². The summed E-state index contributed by atoms with van der Waals surface area (Å²) >= 11 is 0. The number of amidine groups is 1. The number of nitrogens with zero attached hydrogens (tertiary/aromatic N) is 2. The average molecular weight is 440 g/mol. The van der Waals surface area contributed by atoms with E-state index in [0.717, 1.165) is 36.2 Å². The molecule has 0 heterocycles. The molecule has 0 spiro atoms. The number of ketones is 1. The molecule has 0 saturated carbocycles. The summed E-state index contributed by atoms with van der Waals surface area (Å²) in [7, 11) is 0. The fourth-order valence-electron chi connectivity index (χ4n) is 4.82. The van der Waals surface area contributed by atoms with Crippen LogP contribution in [-0.4, -0.2) is 18.2 Å². The molecule has 1 atom stereocenters. The first kappa shape index (κ1) is 25.5. The van der Waals surface area contributed by atoms with Crippen molar-refractivity contribution in [2.24, 2.45) is 27.0 Å². The Morgan fingerprint density at radius 3 is 2.25 bits per heavy atom. The van der Waals surface area contributed by atoms with E-state index in [0.29, 0.717) is 5.84 Å². The third-order valence-electron chi connectivity index (χ3n) is 7.03. The van der Waals surface area contributed by atoms with Gasteiger partial charge >= 0.3 is 5.84 Å². The number of benzene rings is 1. The topological polar surface area (TPSA) is 103 Å². The van der Waals surface area contributed by atoms with Crippen molar-refractivity contribution in [3.8, 4) is 0 Å². The van der Waals surface area contributed by atoms with Crippen LogP contribution in [0.25, 0.3) is 0 Å². The van der Waals surface area contributed by atoms with E-state index in [2.05, 4.69) is 62.3 Å². The molecule has 4 N–H and O–H groups in total. The number of allylic oxidation sites excluding steroid dienone is 3. The summed E-state index contributed by atoms with van der Waals surface area (Å²) in [6.07, 6.45) is 7.28. The van der Waals surface area contributed by atoms with Crippen molar-refractivity contribution in [2.75, 3.05) is 6.61 Å². The van der Waals surface area contributed by atoms with Gasteiger partial charge in [0.05, 0.1) is 10.7 Å². The third-order valence-corrected chi connectivity index (χ3v) is 7.03. The highest BCUT2D eigenvalue weighted by atomic mass is 16.5. The number of rotatable bonds is 8. The smallest absolute Gasteiger partial charge is 0.350 e. The van der Waals surface area contributed by atoms with Gasteiger partial charge in [-0.25, -0.2) is 0 Å². The number of carbonyl (C=O) groups is 1. The highest BCUT2D eigenvalue weighted by molar-refractivity contribution is 5.94. The molecule has 1 aromatic rings. The lowest BCUT2D eigenvalue weighted by molar-refractivity contribution is -0.129. The minimum Gasteiger partial charge on any atom is -0.486 e. The summed E-state index contributed by atoms with van der Waals surface area (Å²) in [6, 6.07) is 8.22. The number of nitrogens with two attached hydrogens (primary N) is 2. The Morgan fingerprint density at radius 1 is 1.19 bits per heavy atom. The lowest BCUT2D eigenvalue weighted by Crippen LogP contribution is -2.43. The van der Waals surface area contributed by atoms with Crippen LogP contribution in [0.4, 0.5) is 0 Å². The van der Waals surface area contributed by atoms with Crippen molar-refractivity contribution in [1.29, 1.82) is 0 Å². The molecular weight excluding hydrogens is 400 g/mol. The van der Waals surface area contributed by atoms with E-state index >= 15 is 0 Å². The van der Waals surface area contributed by atoms with Gasteiger partial charge in [0.15, 0.2) is 5.78 Å². The molecule has 0 saturated heterocycles. The molecule has 1 aliphatic rings.